The monoisotopic (exact) mass is 353 g/mol. The lowest BCUT2D eigenvalue weighted by Gasteiger charge is -2.24. The molecule has 0 bridgehead atoms. The molecule has 0 aliphatic carbocycles. The highest BCUT2D eigenvalue weighted by molar-refractivity contribution is 9.10. The van der Waals surface area contributed by atoms with Crippen molar-refractivity contribution in [2.45, 2.75) is 84.2 Å². The molecule has 0 saturated heterocycles. The summed E-state index contributed by atoms with van der Waals surface area (Å²) < 4.78 is 1.21. The van der Waals surface area contributed by atoms with Crippen molar-refractivity contribution in [1.29, 1.82) is 0 Å². The zero-order valence-electron chi connectivity index (χ0n) is 14.0. The first-order chi connectivity index (χ1) is 10.2. The largest absolute Gasteiger partial charge is 0.307 e. The number of benzene rings is 1. The summed E-state index contributed by atoms with van der Waals surface area (Å²) in [7, 11) is 0. The molecule has 0 saturated carbocycles. The van der Waals surface area contributed by atoms with Crippen LogP contribution in [0.3, 0.4) is 0 Å². The summed E-state index contributed by atoms with van der Waals surface area (Å²) in [5, 5.41) is 3.86. The molecule has 21 heavy (non-hydrogen) atoms. The average Bonchev–Trinajstić information content (AvgIpc) is 2.48. The van der Waals surface area contributed by atoms with Gasteiger partial charge in [0, 0.05) is 16.6 Å². The van der Waals surface area contributed by atoms with Crippen molar-refractivity contribution < 1.29 is 0 Å². The minimum atomic E-state index is 0.411. The lowest BCUT2D eigenvalue weighted by molar-refractivity contribution is 0.384. The maximum absolute atomic E-state index is 3.86. The molecule has 0 amide bonds. The number of unbranched alkanes of at least 4 members (excludes halogenated alkanes) is 4. The van der Waals surface area contributed by atoms with Crippen LogP contribution in [0.4, 0.5) is 0 Å². The quantitative estimate of drug-likeness (QED) is 0.440. The van der Waals surface area contributed by atoms with E-state index in [4.69, 9.17) is 0 Å². The fourth-order valence-electron chi connectivity index (χ4n) is 2.86. The highest BCUT2D eigenvalue weighted by Gasteiger charge is 2.14. The van der Waals surface area contributed by atoms with E-state index in [1.165, 1.54) is 61.4 Å². The molecule has 0 radical (unpaired) electrons. The van der Waals surface area contributed by atoms with Gasteiger partial charge in [-0.2, -0.15) is 0 Å². The molecular formula is C19H32BrN. The van der Waals surface area contributed by atoms with Crippen molar-refractivity contribution >= 4 is 15.9 Å². The molecule has 1 aromatic carbocycles. The Kier molecular flexibility index (Phi) is 10.0. The van der Waals surface area contributed by atoms with E-state index in [0.717, 1.165) is 0 Å². The molecule has 0 fully saturated rings. The Hall–Kier alpha value is -0.340. The van der Waals surface area contributed by atoms with E-state index >= 15 is 0 Å². The number of hydrogen-bond acceptors (Lipinski definition) is 1. The van der Waals surface area contributed by atoms with E-state index in [1.54, 1.807) is 0 Å². The van der Waals surface area contributed by atoms with Gasteiger partial charge in [0.1, 0.15) is 0 Å². The molecule has 2 heteroatoms. The lowest BCUT2D eigenvalue weighted by Crippen LogP contribution is -2.31. The smallest absolute Gasteiger partial charge is 0.0305 e. The zero-order chi connectivity index (χ0) is 15.5. The fraction of sp³-hybridized carbons (Fsp3) is 0.684. The maximum atomic E-state index is 3.86. The summed E-state index contributed by atoms with van der Waals surface area (Å²) >= 11 is 3.67. The lowest BCUT2D eigenvalue weighted by atomic mass is 9.99. The molecule has 0 aromatic heterocycles. The summed E-state index contributed by atoms with van der Waals surface area (Å²) in [6.07, 6.45) is 10.7. The topological polar surface area (TPSA) is 12.0 Å². The van der Waals surface area contributed by atoms with Crippen LogP contribution in [0, 0.1) is 0 Å². The van der Waals surface area contributed by atoms with Gasteiger partial charge in [-0.15, -0.1) is 0 Å². The number of hydrogen-bond donors (Lipinski definition) is 1. The predicted octanol–water partition coefficient (Wildman–Crippen LogP) is 6.63. The van der Waals surface area contributed by atoms with Gasteiger partial charge in [-0.05, 0) is 31.4 Å². The Morgan fingerprint density at radius 1 is 0.952 bits per heavy atom. The van der Waals surface area contributed by atoms with Crippen LogP contribution in [0.1, 0.15) is 83.7 Å². The van der Waals surface area contributed by atoms with Gasteiger partial charge < -0.3 is 5.32 Å². The van der Waals surface area contributed by atoms with Crippen LogP contribution in [-0.2, 0) is 0 Å². The van der Waals surface area contributed by atoms with E-state index in [-0.39, 0.29) is 0 Å². The molecule has 1 nitrogen and oxygen atoms in total. The Bertz CT molecular complexity index is 368. The van der Waals surface area contributed by atoms with Crippen molar-refractivity contribution in [2.75, 3.05) is 0 Å². The predicted molar refractivity (Wildman–Crippen MR) is 97.8 cm³/mol. The van der Waals surface area contributed by atoms with Crippen LogP contribution in [-0.4, -0.2) is 6.04 Å². The fourth-order valence-corrected chi connectivity index (χ4v) is 3.49. The summed E-state index contributed by atoms with van der Waals surface area (Å²) in [6, 6.07) is 9.63. The molecule has 1 aromatic rings. The van der Waals surface area contributed by atoms with Gasteiger partial charge in [-0.3, -0.25) is 0 Å². The Morgan fingerprint density at radius 2 is 1.52 bits per heavy atom. The van der Waals surface area contributed by atoms with E-state index < -0.39 is 0 Å². The van der Waals surface area contributed by atoms with Crippen molar-refractivity contribution in [1.82, 2.24) is 5.32 Å². The summed E-state index contributed by atoms with van der Waals surface area (Å²) in [4.78, 5) is 0. The van der Waals surface area contributed by atoms with Gasteiger partial charge in [0.05, 0.1) is 0 Å². The number of rotatable bonds is 11. The first kappa shape index (κ1) is 18.7. The van der Waals surface area contributed by atoms with Gasteiger partial charge in [-0.25, -0.2) is 0 Å². The van der Waals surface area contributed by atoms with Gasteiger partial charge >= 0.3 is 0 Å². The molecule has 0 aliphatic heterocycles. The first-order valence-electron chi connectivity index (χ1n) is 8.69. The minimum Gasteiger partial charge on any atom is -0.307 e. The molecule has 0 aliphatic rings. The van der Waals surface area contributed by atoms with E-state index in [9.17, 15) is 0 Å². The standard InChI is InChI=1S/C19H32BrN/c1-4-6-8-12-17(13-9-7-5-2)21-16(3)18-14-10-11-15-19(18)20/h10-11,14-17,21H,4-9,12-13H2,1-3H3/t16-/m0/s1. The summed E-state index contributed by atoms with van der Waals surface area (Å²) in [5.74, 6) is 0. The van der Waals surface area contributed by atoms with E-state index in [1.807, 2.05) is 0 Å². The van der Waals surface area contributed by atoms with E-state index in [0.29, 0.717) is 12.1 Å². The van der Waals surface area contributed by atoms with Crippen LogP contribution >= 0.6 is 15.9 Å². The van der Waals surface area contributed by atoms with Crippen LogP contribution in [0.15, 0.2) is 28.7 Å². The summed E-state index contributed by atoms with van der Waals surface area (Å²) in [5.41, 5.74) is 1.37. The maximum Gasteiger partial charge on any atom is 0.0305 e. The van der Waals surface area contributed by atoms with Crippen LogP contribution in [0.5, 0.6) is 0 Å². The molecule has 1 rings (SSSR count). The average molecular weight is 354 g/mol. The van der Waals surface area contributed by atoms with Crippen molar-refractivity contribution in [3.8, 4) is 0 Å². The minimum absolute atomic E-state index is 0.411. The van der Waals surface area contributed by atoms with Crippen molar-refractivity contribution in [3.63, 3.8) is 0 Å². The molecule has 1 N–H and O–H groups in total. The normalized spacial score (nSPS) is 12.8. The molecule has 1 atom stereocenters. The van der Waals surface area contributed by atoms with Gasteiger partial charge in [-0.1, -0.05) is 86.5 Å². The van der Waals surface area contributed by atoms with Gasteiger partial charge in [0.2, 0.25) is 0 Å². The van der Waals surface area contributed by atoms with Crippen LogP contribution < -0.4 is 5.32 Å². The van der Waals surface area contributed by atoms with Crippen LogP contribution in [0.2, 0.25) is 0 Å². The van der Waals surface area contributed by atoms with Crippen molar-refractivity contribution in [2.24, 2.45) is 0 Å². The van der Waals surface area contributed by atoms with Gasteiger partial charge in [0.15, 0.2) is 0 Å². The number of halogens is 1. The Labute approximate surface area is 140 Å². The van der Waals surface area contributed by atoms with Crippen molar-refractivity contribution in [3.05, 3.63) is 34.3 Å². The molecule has 120 valence electrons. The zero-order valence-corrected chi connectivity index (χ0v) is 15.6. The molecule has 0 heterocycles. The Morgan fingerprint density at radius 3 is 2.05 bits per heavy atom. The van der Waals surface area contributed by atoms with E-state index in [2.05, 4.69) is 66.3 Å². The SMILES string of the molecule is CCCCCC(CCCCC)N[C@@H](C)c1ccccc1Br. The molecule has 0 unspecified atom stereocenters. The van der Waals surface area contributed by atoms with Crippen LogP contribution in [0.25, 0.3) is 0 Å². The highest BCUT2D eigenvalue weighted by Crippen LogP contribution is 2.24. The third-order valence-electron chi connectivity index (χ3n) is 4.17. The molecular weight excluding hydrogens is 322 g/mol. The second-order valence-corrected chi connectivity index (χ2v) is 6.95. The third kappa shape index (κ3) is 7.46. The first-order valence-corrected chi connectivity index (χ1v) is 9.48. The molecule has 0 spiro atoms. The second kappa shape index (κ2) is 11.3. The van der Waals surface area contributed by atoms with Gasteiger partial charge in [0.25, 0.3) is 0 Å². The Balaban J connectivity index is 2.54. The summed E-state index contributed by atoms with van der Waals surface area (Å²) in [6.45, 7) is 6.85. The third-order valence-corrected chi connectivity index (χ3v) is 4.89. The highest BCUT2D eigenvalue weighted by atomic mass is 79.9. The number of nitrogens with one attached hydrogen (secondary N) is 1. The second-order valence-electron chi connectivity index (χ2n) is 6.10.